The van der Waals surface area contributed by atoms with Crippen LogP contribution in [0.1, 0.15) is 70.1 Å². The van der Waals surface area contributed by atoms with E-state index >= 15 is 8.78 Å². The van der Waals surface area contributed by atoms with Crippen molar-refractivity contribution in [2.45, 2.75) is 76.3 Å². The van der Waals surface area contributed by atoms with Crippen LogP contribution in [0, 0.1) is 28.4 Å². The molecule has 0 bridgehead atoms. The zero-order chi connectivity index (χ0) is 34.7. The molecule has 0 aliphatic carbocycles. The summed E-state index contributed by atoms with van der Waals surface area (Å²) in [5, 5.41) is 29.0. The fourth-order valence-electron chi connectivity index (χ4n) is 6.38. The molecule has 0 saturated carbocycles. The summed E-state index contributed by atoms with van der Waals surface area (Å²) >= 11 is 12.3. The zero-order valence-corrected chi connectivity index (χ0v) is 28.6. The van der Waals surface area contributed by atoms with Gasteiger partial charge in [0.2, 0.25) is 11.8 Å². The first-order valence-corrected chi connectivity index (χ1v) is 16.2. The lowest BCUT2D eigenvalue weighted by atomic mass is 9.62. The molecule has 0 aromatic heterocycles. The molecule has 11 heteroatoms. The molecule has 4 rings (SSSR count). The van der Waals surface area contributed by atoms with Crippen LogP contribution in [0.4, 0.5) is 14.5 Å². The second-order valence-corrected chi connectivity index (χ2v) is 14.6. The molecule has 47 heavy (non-hydrogen) atoms. The quantitative estimate of drug-likeness (QED) is 0.172. The number of hydrogen-bond donors (Lipinski definition) is 4. The van der Waals surface area contributed by atoms with Crippen LogP contribution in [0.5, 0.6) is 0 Å². The number of hydrogen-bond acceptors (Lipinski definition) is 5. The van der Waals surface area contributed by atoms with Crippen molar-refractivity contribution in [1.29, 1.82) is 5.26 Å². The maximum atomic E-state index is 15.9. The molecule has 0 radical (unpaired) electrons. The van der Waals surface area contributed by atoms with Crippen LogP contribution in [-0.2, 0) is 20.4 Å². The van der Waals surface area contributed by atoms with E-state index in [0.717, 1.165) is 6.07 Å². The third-order valence-corrected chi connectivity index (χ3v) is 9.32. The van der Waals surface area contributed by atoms with Crippen molar-refractivity contribution in [2.24, 2.45) is 5.41 Å². The number of carbonyl (C=O) groups is 2. The Morgan fingerprint density at radius 2 is 1.72 bits per heavy atom. The minimum absolute atomic E-state index is 0.00164. The standard InChI is InChI=1S/C36H40Cl2F2N4O3/c1-34(2,3)19-28-36(20-41,25-15-12-22(37)18-27(25)39)29(24-8-6-9-26(38)30(24)40)31(44-28)32(46)43-23-13-10-21(11-14-23)35(4,5)33(47)42-16-7-17-45/h6,8-15,18,28-29,31,44-45H,7,16-17,19H2,1-5H3,(H,42,47)(H,43,46)/t28-,29-,31+,36-/m1/s1. The van der Waals surface area contributed by atoms with Gasteiger partial charge in [0.15, 0.2) is 0 Å². The maximum absolute atomic E-state index is 15.9. The largest absolute Gasteiger partial charge is 0.396 e. The van der Waals surface area contributed by atoms with Gasteiger partial charge in [0.1, 0.15) is 17.0 Å². The van der Waals surface area contributed by atoms with Gasteiger partial charge in [-0.15, -0.1) is 0 Å². The molecule has 250 valence electrons. The molecule has 1 heterocycles. The van der Waals surface area contributed by atoms with Gasteiger partial charge in [-0.25, -0.2) is 8.78 Å². The average Bonchev–Trinajstić information content (AvgIpc) is 3.31. The van der Waals surface area contributed by atoms with Gasteiger partial charge in [-0.05, 0) is 73.6 Å². The van der Waals surface area contributed by atoms with Crippen molar-refractivity contribution >= 4 is 40.7 Å². The van der Waals surface area contributed by atoms with Crippen LogP contribution in [0.25, 0.3) is 0 Å². The zero-order valence-electron chi connectivity index (χ0n) is 27.1. The molecule has 1 aliphatic heterocycles. The Hall–Kier alpha value is -3.55. The van der Waals surface area contributed by atoms with E-state index in [1.165, 1.54) is 30.3 Å². The second kappa shape index (κ2) is 14.3. The number of nitrogens with one attached hydrogen (secondary N) is 3. The summed E-state index contributed by atoms with van der Waals surface area (Å²) in [5.74, 6) is -3.51. The molecular weight excluding hydrogens is 645 g/mol. The highest BCUT2D eigenvalue weighted by molar-refractivity contribution is 6.31. The average molecular weight is 686 g/mol. The van der Waals surface area contributed by atoms with Gasteiger partial charge in [-0.3, -0.25) is 9.59 Å². The van der Waals surface area contributed by atoms with Gasteiger partial charge in [0.25, 0.3) is 0 Å². The summed E-state index contributed by atoms with van der Waals surface area (Å²) in [5.41, 5.74) is -1.92. The van der Waals surface area contributed by atoms with Gasteiger partial charge in [0.05, 0.1) is 22.5 Å². The number of benzene rings is 3. The maximum Gasteiger partial charge on any atom is 0.242 e. The highest BCUT2D eigenvalue weighted by Crippen LogP contribution is 2.53. The minimum atomic E-state index is -1.74. The second-order valence-electron chi connectivity index (χ2n) is 13.7. The predicted molar refractivity (Wildman–Crippen MR) is 180 cm³/mol. The fourth-order valence-corrected chi connectivity index (χ4v) is 6.72. The van der Waals surface area contributed by atoms with Gasteiger partial charge in [0, 0.05) is 41.4 Å². The third-order valence-electron chi connectivity index (χ3n) is 8.79. The first-order valence-electron chi connectivity index (χ1n) is 15.4. The molecule has 0 spiro atoms. The number of aliphatic hydroxyl groups excluding tert-OH is 1. The summed E-state index contributed by atoms with van der Waals surface area (Å²) in [6.07, 6.45) is 0.783. The van der Waals surface area contributed by atoms with E-state index < -0.39 is 46.4 Å². The summed E-state index contributed by atoms with van der Waals surface area (Å²) in [6, 6.07) is 15.5. The van der Waals surface area contributed by atoms with Gasteiger partial charge in [-0.1, -0.05) is 74.3 Å². The Labute approximate surface area is 284 Å². The predicted octanol–water partition coefficient (Wildman–Crippen LogP) is 7.01. The summed E-state index contributed by atoms with van der Waals surface area (Å²) in [4.78, 5) is 27.0. The number of rotatable bonds is 10. The highest BCUT2D eigenvalue weighted by atomic mass is 35.5. The van der Waals surface area contributed by atoms with Crippen LogP contribution in [-0.4, -0.2) is 42.2 Å². The van der Waals surface area contributed by atoms with Crippen LogP contribution in [0.2, 0.25) is 10.0 Å². The molecule has 4 N–H and O–H groups in total. The van der Waals surface area contributed by atoms with Gasteiger partial charge >= 0.3 is 0 Å². The molecule has 3 aromatic rings. The topological polar surface area (TPSA) is 114 Å². The first-order chi connectivity index (χ1) is 22.1. The Morgan fingerprint density at radius 3 is 2.32 bits per heavy atom. The molecule has 4 atom stereocenters. The number of amides is 2. The summed E-state index contributed by atoms with van der Waals surface area (Å²) < 4.78 is 31.7. The van der Waals surface area contributed by atoms with Gasteiger partial charge < -0.3 is 21.1 Å². The van der Waals surface area contributed by atoms with Crippen molar-refractivity contribution in [3.8, 4) is 6.07 Å². The lowest BCUT2D eigenvalue weighted by Crippen LogP contribution is -2.45. The van der Waals surface area contributed by atoms with E-state index in [2.05, 4.69) is 22.0 Å². The SMILES string of the molecule is CC(C)(C)C[C@H]1N[C@H](C(=O)Nc2ccc(C(C)(C)C(=O)NCCCO)cc2)[C@@H](c2cccc(Cl)c2F)[C@]1(C#N)c1ccc(Cl)cc1F. The summed E-state index contributed by atoms with van der Waals surface area (Å²) in [6.45, 7) is 9.75. The fraction of sp³-hybridized carbons (Fsp3) is 0.417. The Kier molecular flexibility index (Phi) is 11.0. The Bertz CT molecular complexity index is 1670. The Balaban J connectivity index is 1.78. The van der Waals surface area contributed by atoms with Crippen molar-refractivity contribution in [3.63, 3.8) is 0 Å². The van der Waals surface area contributed by atoms with Crippen molar-refractivity contribution < 1.29 is 23.5 Å². The number of carbonyl (C=O) groups excluding carboxylic acids is 2. The smallest absolute Gasteiger partial charge is 0.242 e. The number of halogens is 4. The molecular formula is C36H40Cl2F2N4O3. The number of anilines is 1. The molecule has 7 nitrogen and oxygen atoms in total. The van der Waals surface area contributed by atoms with Crippen LogP contribution in [0.15, 0.2) is 60.7 Å². The van der Waals surface area contributed by atoms with Crippen LogP contribution >= 0.6 is 23.2 Å². The third kappa shape index (κ3) is 7.47. The van der Waals surface area contributed by atoms with Gasteiger partial charge in [-0.2, -0.15) is 5.26 Å². The summed E-state index contributed by atoms with van der Waals surface area (Å²) in [7, 11) is 0. The lowest BCUT2D eigenvalue weighted by Gasteiger charge is -2.37. The number of nitrogens with zero attached hydrogens (tertiary/aromatic N) is 1. The minimum Gasteiger partial charge on any atom is -0.396 e. The molecule has 1 saturated heterocycles. The number of aliphatic hydroxyl groups is 1. The van der Waals surface area contributed by atoms with E-state index in [-0.39, 0.29) is 39.1 Å². The van der Waals surface area contributed by atoms with Crippen molar-refractivity contribution in [2.75, 3.05) is 18.5 Å². The number of nitriles is 1. The van der Waals surface area contributed by atoms with E-state index in [1.807, 2.05) is 20.8 Å². The van der Waals surface area contributed by atoms with E-state index in [4.69, 9.17) is 28.3 Å². The van der Waals surface area contributed by atoms with Crippen LogP contribution in [0.3, 0.4) is 0 Å². The normalized spacial score (nSPS) is 21.3. The monoisotopic (exact) mass is 684 g/mol. The Morgan fingerprint density at radius 1 is 1.04 bits per heavy atom. The van der Waals surface area contributed by atoms with E-state index in [1.54, 1.807) is 38.1 Å². The van der Waals surface area contributed by atoms with Crippen molar-refractivity contribution in [3.05, 3.63) is 99.0 Å². The highest BCUT2D eigenvalue weighted by Gasteiger charge is 2.61. The molecule has 1 aliphatic rings. The lowest BCUT2D eigenvalue weighted by molar-refractivity contribution is -0.125. The van der Waals surface area contributed by atoms with Crippen LogP contribution < -0.4 is 16.0 Å². The molecule has 0 unspecified atom stereocenters. The van der Waals surface area contributed by atoms with E-state index in [9.17, 15) is 14.9 Å². The first kappa shape index (κ1) is 36.3. The van der Waals surface area contributed by atoms with Crippen molar-refractivity contribution in [1.82, 2.24) is 10.6 Å². The molecule has 3 aromatic carbocycles. The molecule has 1 fully saturated rings. The van der Waals surface area contributed by atoms with E-state index in [0.29, 0.717) is 30.6 Å². The molecule has 2 amide bonds.